The average molecular weight is 383 g/mol. The second-order valence-corrected chi connectivity index (χ2v) is 9.34. The quantitative estimate of drug-likeness (QED) is 0.379. The van der Waals surface area contributed by atoms with Gasteiger partial charge in [0.15, 0.2) is 0 Å². The first-order valence-electron chi connectivity index (χ1n) is 11.5. The molecule has 2 fully saturated rings. The number of aryl methyl sites for hydroxylation is 1. The molecule has 0 heteroatoms. The molecule has 2 aromatic rings. The van der Waals surface area contributed by atoms with Crippen LogP contribution in [0.25, 0.3) is 0 Å². The Hall–Kier alpha value is -2.26. The summed E-state index contributed by atoms with van der Waals surface area (Å²) in [7, 11) is 0. The number of rotatable bonds is 4. The molecule has 0 saturated heterocycles. The lowest BCUT2D eigenvalue weighted by Gasteiger charge is -2.41. The van der Waals surface area contributed by atoms with Crippen molar-refractivity contribution in [2.45, 2.75) is 64.2 Å². The van der Waals surface area contributed by atoms with Crippen LogP contribution in [0, 0.1) is 29.6 Å². The fraction of sp³-hybridized carbons (Fsp3) is 0.448. The topological polar surface area (TPSA) is 0 Å². The van der Waals surface area contributed by atoms with E-state index in [1.165, 1.54) is 49.7 Å². The molecule has 0 spiro atoms. The van der Waals surface area contributed by atoms with Crippen LogP contribution in [-0.2, 0) is 6.42 Å². The monoisotopic (exact) mass is 382 g/mol. The van der Waals surface area contributed by atoms with Crippen LogP contribution in [0.5, 0.6) is 0 Å². The third-order valence-corrected chi connectivity index (χ3v) is 7.20. The summed E-state index contributed by atoms with van der Waals surface area (Å²) in [5.74, 6) is 10.3. The summed E-state index contributed by atoms with van der Waals surface area (Å²) in [6, 6.07) is 17.7. The van der Waals surface area contributed by atoms with Crippen LogP contribution < -0.4 is 0 Å². The number of allylic oxidation sites excluding steroid dienone is 1. The van der Waals surface area contributed by atoms with Crippen LogP contribution >= 0.6 is 0 Å². The Labute approximate surface area is 177 Å². The minimum atomic E-state index is 0.759. The summed E-state index contributed by atoms with van der Waals surface area (Å²) < 4.78 is 0. The second-order valence-electron chi connectivity index (χ2n) is 9.34. The molecule has 0 radical (unpaired) electrons. The summed E-state index contributed by atoms with van der Waals surface area (Å²) in [5.41, 5.74) is 5.08. The van der Waals surface area contributed by atoms with Gasteiger partial charge in [-0.05, 0) is 104 Å². The average Bonchev–Trinajstić information content (AvgIpc) is 2.77. The van der Waals surface area contributed by atoms with Gasteiger partial charge in [-0.3, -0.25) is 0 Å². The zero-order valence-electron chi connectivity index (χ0n) is 17.9. The van der Waals surface area contributed by atoms with Gasteiger partial charge in [0.1, 0.15) is 0 Å². The van der Waals surface area contributed by atoms with Gasteiger partial charge in [-0.15, -0.1) is 6.58 Å². The van der Waals surface area contributed by atoms with Crippen LogP contribution in [0.4, 0.5) is 0 Å². The first kappa shape index (κ1) is 20.0. The third kappa shape index (κ3) is 5.22. The van der Waals surface area contributed by atoms with Crippen LogP contribution in [-0.4, -0.2) is 0 Å². The van der Waals surface area contributed by atoms with Gasteiger partial charge in [0.05, 0.1) is 0 Å². The highest BCUT2D eigenvalue weighted by Crippen LogP contribution is 2.47. The highest BCUT2D eigenvalue weighted by Gasteiger charge is 2.34. The van der Waals surface area contributed by atoms with Crippen LogP contribution in [0.2, 0.25) is 0 Å². The van der Waals surface area contributed by atoms with Crippen molar-refractivity contribution >= 4 is 0 Å². The summed E-state index contributed by atoms with van der Waals surface area (Å²) in [6.45, 7) is 6.23. The van der Waals surface area contributed by atoms with E-state index < -0.39 is 0 Å². The van der Waals surface area contributed by atoms with Crippen molar-refractivity contribution in [3.8, 4) is 11.8 Å². The van der Waals surface area contributed by atoms with Crippen molar-refractivity contribution in [1.82, 2.24) is 0 Å². The number of benzene rings is 2. The van der Waals surface area contributed by atoms with Gasteiger partial charge in [0.25, 0.3) is 0 Å². The number of hydrogen-bond acceptors (Lipinski definition) is 0. The van der Waals surface area contributed by atoms with Crippen LogP contribution in [0.1, 0.15) is 80.0 Å². The van der Waals surface area contributed by atoms with E-state index in [2.05, 4.69) is 73.9 Å². The van der Waals surface area contributed by atoms with E-state index in [9.17, 15) is 0 Å². The first-order chi connectivity index (χ1) is 14.2. The SMILES string of the molecule is C=CCCc1ccc(C#Cc2ccc(C3CCC4CC(C)CCC4C3)cc2)cc1. The van der Waals surface area contributed by atoms with E-state index in [1.807, 2.05) is 6.08 Å². The van der Waals surface area contributed by atoms with Crippen molar-refractivity contribution in [2.24, 2.45) is 17.8 Å². The molecule has 4 rings (SSSR count). The highest BCUT2D eigenvalue weighted by atomic mass is 14.4. The van der Waals surface area contributed by atoms with Crippen molar-refractivity contribution < 1.29 is 0 Å². The summed E-state index contributed by atoms with van der Waals surface area (Å²) in [6.07, 6.45) is 12.6. The summed E-state index contributed by atoms with van der Waals surface area (Å²) >= 11 is 0. The first-order valence-corrected chi connectivity index (χ1v) is 11.5. The highest BCUT2D eigenvalue weighted by molar-refractivity contribution is 5.44. The normalized spacial score (nSPS) is 26.1. The summed E-state index contributed by atoms with van der Waals surface area (Å²) in [5, 5.41) is 0. The summed E-state index contributed by atoms with van der Waals surface area (Å²) in [4.78, 5) is 0. The Bertz CT molecular complexity index is 859. The van der Waals surface area contributed by atoms with Gasteiger partial charge in [-0.25, -0.2) is 0 Å². The molecule has 0 aromatic heterocycles. The molecule has 2 saturated carbocycles. The Balaban J connectivity index is 1.36. The van der Waals surface area contributed by atoms with Crippen molar-refractivity contribution in [2.75, 3.05) is 0 Å². The maximum atomic E-state index is 3.79. The van der Waals surface area contributed by atoms with Crippen molar-refractivity contribution in [1.29, 1.82) is 0 Å². The predicted molar refractivity (Wildman–Crippen MR) is 124 cm³/mol. The van der Waals surface area contributed by atoms with Gasteiger partial charge < -0.3 is 0 Å². The lowest BCUT2D eigenvalue weighted by atomic mass is 9.64. The molecule has 0 heterocycles. The fourth-order valence-electron chi connectivity index (χ4n) is 5.43. The minimum absolute atomic E-state index is 0.759. The van der Waals surface area contributed by atoms with E-state index in [0.29, 0.717) is 0 Å². The third-order valence-electron chi connectivity index (χ3n) is 7.20. The van der Waals surface area contributed by atoms with Crippen LogP contribution in [0.3, 0.4) is 0 Å². The molecule has 150 valence electrons. The van der Waals surface area contributed by atoms with Crippen LogP contribution in [0.15, 0.2) is 61.2 Å². The Morgan fingerprint density at radius 1 is 0.828 bits per heavy atom. The smallest absolute Gasteiger partial charge is 0.0249 e. The number of fused-ring (bicyclic) bond motifs is 1. The van der Waals surface area contributed by atoms with E-state index in [1.54, 1.807) is 0 Å². The lowest BCUT2D eigenvalue weighted by Crippen LogP contribution is -2.29. The van der Waals surface area contributed by atoms with Gasteiger partial charge in [0.2, 0.25) is 0 Å². The molecule has 4 atom stereocenters. The molecule has 0 bridgehead atoms. The van der Waals surface area contributed by atoms with E-state index in [-0.39, 0.29) is 0 Å². The molecule has 29 heavy (non-hydrogen) atoms. The van der Waals surface area contributed by atoms with Gasteiger partial charge >= 0.3 is 0 Å². The van der Waals surface area contributed by atoms with E-state index in [0.717, 1.165) is 47.6 Å². The number of hydrogen-bond donors (Lipinski definition) is 0. The Morgan fingerprint density at radius 2 is 1.45 bits per heavy atom. The predicted octanol–water partition coefficient (Wildman–Crippen LogP) is 7.52. The molecule has 0 amide bonds. The maximum absolute atomic E-state index is 3.79. The molecule has 0 N–H and O–H groups in total. The van der Waals surface area contributed by atoms with Gasteiger partial charge in [-0.1, -0.05) is 55.5 Å². The van der Waals surface area contributed by atoms with Gasteiger partial charge in [-0.2, -0.15) is 0 Å². The molecule has 4 unspecified atom stereocenters. The van der Waals surface area contributed by atoms with Crippen molar-refractivity contribution in [3.63, 3.8) is 0 Å². The molecule has 2 aromatic carbocycles. The zero-order chi connectivity index (χ0) is 20.1. The molecular weight excluding hydrogens is 348 g/mol. The molecule has 2 aliphatic carbocycles. The standard InChI is InChI=1S/C29H34/c1-3-4-5-23-7-9-24(10-8-23)11-12-25-13-16-26(17-14-25)28-19-18-27-20-22(2)6-15-29(27)21-28/h3,7-10,13-14,16-17,22,27-29H,1,4-6,15,18-21H2,2H3. The van der Waals surface area contributed by atoms with Crippen molar-refractivity contribution in [3.05, 3.63) is 83.4 Å². The molecule has 0 nitrogen and oxygen atoms in total. The lowest BCUT2D eigenvalue weighted by molar-refractivity contribution is 0.124. The van der Waals surface area contributed by atoms with E-state index in [4.69, 9.17) is 0 Å². The maximum Gasteiger partial charge on any atom is 0.0249 e. The molecule has 0 aliphatic heterocycles. The Kier molecular flexibility index (Phi) is 6.56. The largest absolute Gasteiger partial charge is 0.103 e. The fourth-order valence-corrected chi connectivity index (χ4v) is 5.43. The van der Waals surface area contributed by atoms with Gasteiger partial charge in [0, 0.05) is 11.1 Å². The second kappa shape index (κ2) is 9.49. The Morgan fingerprint density at radius 3 is 2.14 bits per heavy atom. The molecule has 2 aliphatic rings. The van der Waals surface area contributed by atoms with E-state index >= 15 is 0 Å². The minimum Gasteiger partial charge on any atom is -0.103 e. The zero-order valence-corrected chi connectivity index (χ0v) is 17.9. The molecular formula is C29H34.